The molecule has 5 heteroatoms. The highest BCUT2D eigenvalue weighted by Crippen LogP contribution is 2.36. The van der Waals surface area contributed by atoms with E-state index in [0.717, 1.165) is 31.7 Å². The molecular weight excluding hydrogens is 272 g/mol. The summed E-state index contributed by atoms with van der Waals surface area (Å²) in [6.45, 7) is 7.05. The zero-order chi connectivity index (χ0) is 15.5. The van der Waals surface area contributed by atoms with Crippen molar-refractivity contribution in [2.24, 2.45) is 5.41 Å². The minimum atomic E-state index is -0.643. The predicted molar refractivity (Wildman–Crippen MR) is 82.6 cm³/mol. The Kier molecular flexibility index (Phi) is 5.01. The van der Waals surface area contributed by atoms with E-state index in [1.54, 1.807) is 0 Å². The van der Waals surface area contributed by atoms with Gasteiger partial charge in [0.25, 0.3) is 0 Å². The molecule has 1 aliphatic carbocycles. The van der Waals surface area contributed by atoms with E-state index in [1.807, 2.05) is 6.92 Å². The van der Waals surface area contributed by atoms with Crippen LogP contribution in [0.5, 0.6) is 0 Å². The molecule has 2 rings (SSSR count). The van der Waals surface area contributed by atoms with Gasteiger partial charge in [0.2, 0.25) is 0 Å². The molecule has 0 spiro atoms. The van der Waals surface area contributed by atoms with E-state index < -0.39 is 11.6 Å². The Balaban J connectivity index is 2.11. The largest absolute Gasteiger partial charge is 0.368 e. The third-order valence-corrected chi connectivity index (χ3v) is 4.02. The Hall–Kier alpha value is -1.39. The van der Waals surface area contributed by atoms with Gasteiger partial charge < -0.3 is 10.6 Å². The Bertz CT molecular complexity index is 489. The molecule has 0 aromatic carbocycles. The van der Waals surface area contributed by atoms with E-state index >= 15 is 0 Å². The maximum absolute atomic E-state index is 13.9. The molecule has 3 nitrogen and oxygen atoms in total. The van der Waals surface area contributed by atoms with Gasteiger partial charge in [-0.2, -0.15) is 0 Å². The first-order chi connectivity index (χ1) is 9.91. The van der Waals surface area contributed by atoms with Gasteiger partial charge in [0.1, 0.15) is 0 Å². The van der Waals surface area contributed by atoms with Gasteiger partial charge in [0.05, 0.1) is 0 Å². The second kappa shape index (κ2) is 6.58. The van der Waals surface area contributed by atoms with E-state index in [0.29, 0.717) is 6.54 Å². The van der Waals surface area contributed by atoms with E-state index in [2.05, 4.69) is 29.5 Å². The first-order valence-electron chi connectivity index (χ1n) is 7.78. The van der Waals surface area contributed by atoms with Gasteiger partial charge in [-0.05, 0) is 31.1 Å². The number of aromatic nitrogens is 1. The Morgan fingerprint density at radius 1 is 1.29 bits per heavy atom. The minimum absolute atomic E-state index is 0.121. The highest BCUT2D eigenvalue weighted by molar-refractivity contribution is 5.48. The van der Waals surface area contributed by atoms with Gasteiger partial charge in [-0.1, -0.05) is 27.2 Å². The Morgan fingerprint density at radius 3 is 2.67 bits per heavy atom. The van der Waals surface area contributed by atoms with Crippen molar-refractivity contribution in [3.05, 3.63) is 17.7 Å². The van der Waals surface area contributed by atoms with Crippen molar-refractivity contribution in [3.63, 3.8) is 0 Å². The van der Waals surface area contributed by atoms with E-state index in [1.165, 1.54) is 6.42 Å². The van der Waals surface area contributed by atoms with Gasteiger partial charge in [-0.25, -0.2) is 13.8 Å². The van der Waals surface area contributed by atoms with Crippen LogP contribution in [-0.2, 0) is 0 Å². The van der Waals surface area contributed by atoms with Crippen molar-refractivity contribution < 1.29 is 8.78 Å². The van der Waals surface area contributed by atoms with Crippen molar-refractivity contribution in [2.45, 2.75) is 58.9 Å². The SMILES string of the molecule is CCCNc1nc(NC2CCCC(C)(C)C2)c(F)cc1F. The molecule has 0 radical (unpaired) electrons. The lowest BCUT2D eigenvalue weighted by Crippen LogP contribution is -2.32. The summed E-state index contributed by atoms with van der Waals surface area (Å²) in [5.41, 5.74) is 0.260. The van der Waals surface area contributed by atoms with Crippen LogP contribution in [0.25, 0.3) is 0 Å². The first-order valence-corrected chi connectivity index (χ1v) is 7.78. The zero-order valence-electron chi connectivity index (χ0n) is 13.1. The summed E-state index contributed by atoms with van der Waals surface area (Å²) in [5.74, 6) is -0.998. The summed E-state index contributed by atoms with van der Waals surface area (Å²) in [5, 5.41) is 6.05. The predicted octanol–water partition coefficient (Wildman–Crippen LogP) is 4.56. The molecule has 1 saturated carbocycles. The summed E-state index contributed by atoms with van der Waals surface area (Å²) >= 11 is 0. The summed E-state index contributed by atoms with van der Waals surface area (Å²) < 4.78 is 27.6. The summed E-state index contributed by atoms with van der Waals surface area (Å²) in [6, 6.07) is 1.10. The van der Waals surface area contributed by atoms with E-state index in [9.17, 15) is 8.78 Å². The average Bonchev–Trinajstić information content (AvgIpc) is 2.39. The van der Waals surface area contributed by atoms with Crippen molar-refractivity contribution >= 4 is 11.6 Å². The lowest BCUT2D eigenvalue weighted by Gasteiger charge is -2.35. The van der Waals surface area contributed by atoms with E-state index in [4.69, 9.17) is 0 Å². The first kappa shape index (κ1) is 16.0. The fourth-order valence-corrected chi connectivity index (χ4v) is 2.95. The third kappa shape index (κ3) is 4.29. The third-order valence-electron chi connectivity index (χ3n) is 4.02. The van der Waals surface area contributed by atoms with Crippen LogP contribution in [-0.4, -0.2) is 17.6 Å². The molecule has 1 aromatic rings. The molecule has 1 fully saturated rings. The molecule has 118 valence electrons. The molecule has 1 atom stereocenters. The van der Waals surface area contributed by atoms with Crippen molar-refractivity contribution in [2.75, 3.05) is 17.2 Å². The van der Waals surface area contributed by atoms with Crippen LogP contribution in [0, 0.1) is 17.0 Å². The van der Waals surface area contributed by atoms with Gasteiger partial charge in [-0.3, -0.25) is 0 Å². The number of halogens is 2. The lowest BCUT2D eigenvalue weighted by molar-refractivity contribution is 0.229. The number of hydrogen-bond donors (Lipinski definition) is 2. The molecule has 0 aliphatic heterocycles. The quantitative estimate of drug-likeness (QED) is 0.836. The molecule has 1 aliphatic rings. The standard InChI is InChI=1S/C16H25F2N3/c1-4-8-19-14-12(17)9-13(18)15(21-14)20-11-6-5-7-16(2,3)10-11/h9,11H,4-8,10H2,1-3H3,(H2,19,20,21). The van der Waals surface area contributed by atoms with Gasteiger partial charge in [0, 0.05) is 18.7 Å². The fraction of sp³-hybridized carbons (Fsp3) is 0.688. The van der Waals surface area contributed by atoms with Crippen LogP contribution in [0.3, 0.4) is 0 Å². The van der Waals surface area contributed by atoms with Crippen molar-refractivity contribution in [3.8, 4) is 0 Å². The van der Waals surface area contributed by atoms with Gasteiger partial charge >= 0.3 is 0 Å². The number of nitrogens with one attached hydrogen (secondary N) is 2. The second-order valence-corrected chi connectivity index (χ2v) is 6.68. The van der Waals surface area contributed by atoms with Crippen LogP contribution in [0.1, 0.15) is 52.9 Å². The minimum Gasteiger partial charge on any atom is -0.368 e. The van der Waals surface area contributed by atoms with Crippen LogP contribution in [0.4, 0.5) is 20.4 Å². The molecule has 0 bridgehead atoms. The highest BCUT2D eigenvalue weighted by atomic mass is 19.1. The lowest BCUT2D eigenvalue weighted by atomic mass is 9.75. The number of anilines is 2. The molecule has 1 aromatic heterocycles. The van der Waals surface area contributed by atoms with Crippen LogP contribution >= 0.6 is 0 Å². The average molecular weight is 297 g/mol. The van der Waals surface area contributed by atoms with Crippen LogP contribution in [0.2, 0.25) is 0 Å². The second-order valence-electron chi connectivity index (χ2n) is 6.68. The maximum Gasteiger partial charge on any atom is 0.168 e. The molecule has 2 N–H and O–H groups in total. The smallest absolute Gasteiger partial charge is 0.168 e. The van der Waals surface area contributed by atoms with E-state index in [-0.39, 0.29) is 23.1 Å². The zero-order valence-corrected chi connectivity index (χ0v) is 13.1. The molecule has 21 heavy (non-hydrogen) atoms. The van der Waals surface area contributed by atoms with Gasteiger partial charge in [0.15, 0.2) is 23.3 Å². The van der Waals surface area contributed by atoms with Crippen molar-refractivity contribution in [1.82, 2.24) is 4.98 Å². The number of rotatable bonds is 5. The molecule has 0 amide bonds. The maximum atomic E-state index is 13.9. The monoisotopic (exact) mass is 297 g/mol. The Morgan fingerprint density at radius 2 is 2.00 bits per heavy atom. The molecule has 1 heterocycles. The Labute approximate surface area is 125 Å². The highest BCUT2D eigenvalue weighted by Gasteiger charge is 2.28. The summed E-state index contributed by atoms with van der Waals surface area (Å²) in [4.78, 5) is 4.08. The van der Waals surface area contributed by atoms with Crippen LogP contribution < -0.4 is 10.6 Å². The number of nitrogens with zero attached hydrogens (tertiary/aromatic N) is 1. The number of pyridine rings is 1. The normalized spacial score (nSPS) is 21.1. The summed E-state index contributed by atoms with van der Waals surface area (Å²) in [6.07, 6.45) is 5.14. The summed E-state index contributed by atoms with van der Waals surface area (Å²) in [7, 11) is 0. The fourth-order valence-electron chi connectivity index (χ4n) is 2.95. The molecular formula is C16H25F2N3. The number of hydrogen-bond acceptors (Lipinski definition) is 3. The van der Waals surface area contributed by atoms with Crippen LogP contribution in [0.15, 0.2) is 6.07 Å². The van der Waals surface area contributed by atoms with Gasteiger partial charge in [-0.15, -0.1) is 0 Å². The van der Waals surface area contributed by atoms with Crippen molar-refractivity contribution in [1.29, 1.82) is 0 Å². The topological polar surface area (TPSA) is 37.0 Å². The molecule has 0 saturated heterocycles. The molecule has 1 unspecified atom stereocenters.